The summed E-state index contributed by atoms with van der Waals surface area (Å²) >= 11 is 0. The Morgan fingerprint density at radius 1 is 0.492 bits per heavy atom. The second-order valence-electron chi connectivity index (χ2n) is 14.4. The maximum absolute atomic E-state index is 5.39. The average Bonchev–Trinajstić information content (AvgIpc) is 3.82. The van der Waals surface area contributed by atoms with E-state index in [9.17, 15) is 0 Å². The lowest BCUT2D eigenvalue weighted by atomic mass is 9.96. The average molecular weight is 777 g/mol. The van der Waals surface area contributed by atoms with Crippen molar-refractivity contribution in [3.63, 3.8) is 0 Å². The Bertz CT molecular complexity index is 2760. The molecule has 0 radical (unpaired) electrons. The Morgan fingerprint density at radius 3 is 1.69 bits per heavy atom. The van der Waals surface area contributed by atoms with E-state index in [-0.39, 0.29) is 0 Å². The zero-order valence-corrected chi connectivity index (χ0v) is 35.5. The normalized spacial score (nSPS) is 12.6. The fourth-order valence-corrected chi connectivity index (χ4v) is 7.92. The van der Waals surface area contributed by atoms with Crippen molar-refractivity contribution < 1.29 is 0 Å². The van der Waals surface area contributed by atoms with Gasteiger partial charge < -0.3 is 20.6 Å². The van der Waals surface area contributed by atoms with Crippen molar-refractivity contribution in [2.24, 2.45) is 0 Å². The van der Waals surface area contributed by atoms with Crippen LogP contribution in [0.5, 0.6) is 0 Å². The molecule has 0 atom stereocenters. The minimum Gasteiger partial charge on any atom is -0.397 e. The molecule has 8 aromatic rings. The third-order valence-corrected chi connectivity index (χ3v) is 10.7. The van der Waals surface area contributed by atoms with Crippen LogP contribution in [0.15, 0.2) is 169 Å². The predicted molar refractivity (Wildman–Crippen MR) is 259 cm³/mol. The number of aryl methyl sites for hydroxylation is 2. The zero-order chi connectivity index (χ0) is 41.6. The number of anilines is 2. The summed E-state index contributed by atoms with van der Waals surface area (Å²) in [6.07, 6.45) is 16.5. The third kappa shape index (κ3) is 9.79. The summed E-state index contributed by atoms with van der Waals surface area (Å²) in [6.45, 7) is 10.1. The summed E-state index contributed by atoms with van der Waals surface area (Å²) in [5, 5.41) is 6.86. The molecular formula is C55H60N4. The Morgan fingerprint density at radius 2 is 1.05 bits per heavy atom. The van der Waals surface area contributed by atoms with Gasteiger partial charge in [-0.3, -0.25) is 0 Å². The van der Waals surface area contributed by atoms with Crippen LogP contribution in [0, 0.1) is 6.92 Å². The second-order valence-corrected chi connectivity index (χ2v) is 14.4. The van der Waals surface area contributed by atoms with Crippen molar-refractivity contribution in [2.75, 3.05) is 11.5 Å². The van der Waals surface area contributed by atoms with Gasteiger partial charge in [-0.15, -0.1) is 0 Å². The van der Waals surface area contributed by atoms with E-state index < -0.39 is 0 Å². The smallest absolute Gasteiger partial charge is 0.0547 e. The highest BCUT2D eigenvalue weighted by Crippen LogP contribution is 2.32. The van der Waals surface area contributed by atoms with Gasteiger partial charge in [0.1, 0.15) is 0 Å². The number of hydrogen-bond acceptors (Lipinski definition) is 2. The molecule has 4 heteroatoms. The number of rotatable bonds is 5. The van der Waals surface area contributed by atoms with Gasteiger partial charge in [0.25, 0.3) is 0 Å². The van der Waals surface area contributed by atoms with E-state index in [1.165, 1.54) is 72.2 Å². The quantitative estimate of drug-likeness (QED) is 0.171. The molecule has 2 aliphatic rings. The van der Waals surface area contributed by atoms with E-state index in [1.54, 1.807) is 17.7 Å². The van der Waals surface area contributed by atoms with Gasteiger partial charge in [-0.1, -0.05) is 160 Å². The molecule has 10 rings (SSSR count). The van der Waals surface area contributed by atoms with Crippen molar-refractivity contribution in [1.82, 2.24) is 9.13 Å². The SMILES string of the molecule is C1=C(CCc2ccccc2)CCC(n2c3c(c4ccccc42)=CCCC=3)=C1.CC.CC.Cc1ccc2c(c1)c1ccccc1n2-c1ccccc1.Nc1ccccc1N. The maximum atomic E-state index is 5.39. The van der Waals surface area contributed by atoms with E-state index in [0.717, 1.165) is 32.1 Å². The first-order valence-electron chi connectivity index (χ1n) is 21.4. The van der Waals surface area contributed by atoms with Gasteiger partial charge in [0, 0.05) is 38.1 Å². The Labute approximate surface area is 351 Å². The molecule has 2 heterocycles. The van der Waals surface area contributed by atoms with E-state index in [4.69, 9.17) is 11.5 Å². The minimum atomic E-state index is 0.646. The summed E-state index contributed by atoms with van der Waals surface area (Å²) in [5.41, 5.74) is 22.9. The molecule has 0 saturated heterocycles. The topological polar surface area (TPSA) is 61.9 Å². The van der Waals surface area contributed by atoms with Crippen LogP contribution in [0.1, 0.15) is 70.9 Å². The molecule has 0 amide bonds. The van der Waals surface area contributed by atoms with Crippen molar-refractivity contribution in [3.05, 3.63) is 191 Å². The molecule has 4 nitrogen and oxygen atoms in total. The van der Waals surface area contributed by atoms with Crippen LogP contribution in [0.3, 0.4) is 0 Å². The number of aromatic nitrogens is 2. The zero-order valence-electron chi connectivity index (χ0n) is 35.5. The van der Waals surface area contributed by atoms with Gasteiger partial charge in [-0.2, -0.15) is 0 Å². The number of fused-ring (bicyclic) bond motifs is 6. The lowest BCUT2D eigenvalue weighted by molar-refractivity contribution is 0.823. The van der Waals surface area contributed by atoms with Crippen LogP contribution in [0.25, 0.3) is 56.2 Å². The molecule has 4 N–H and O–H groups in total. The first-order valence-corrected chi connectivity index (χ1v) is 21.4. The van der Waals surface area contributed by atoms with Gasteiger partial charge in [-0.25, -0.2) is 0 Å². The number of hydrogen-bond donors (Lipinski definition) is 2. The third-order valence-electron chi connectivity index (χ3n) is 10.7. The van der Waals surface area contributed by atoms with E-state index in [1.807, 2.05) is 39.8 Å². The molecule has 0 unspecified atom stereocenters. The Balaban J connectivity index is 0.000000160. The predicted octanol–water partition coefficient (Wildman–Crippen LogP) is 13.2. The molecule has 0 aliphatic heterocycles. The van der Waals surface area contributed by atoms with Crippen LogP contribution >= 0.6 is 0 Å². The molecule has 2 aliphatic carbocycles. The largest absolute Gasteiger partial charge is 0.397 e. The fraction of sp³-hybridized carbons (Fsp3) is 0.200. The molecule has 2 aromatic heterocycles. The van der Waals surface area contributed by atoms with Gasteiger partial charge >= 0.3 is 0 Å². The number of benzene rings is 6. The molecule has 300 valence electrons. The summed E-state index contributed by atoms with van der Waals surface area (Å²) in [7, 11) is 0. The van der Waals surface area contributed by atoms with Gasteiger partial charge in [0.15, 0.2) is 0 Å². The number of para-hydroxylation sites is 5. The molecule has 0 fully saturated rings. The van der Waals surface area contributed by atoms with Crippen LogP contribution in [0.4, 0.5) is 11.4 Å². The molecular weight excluding hydrogens is 717 g/mol. The van der Waals surface area contributed by atoms with Crippen LogP contribution in [-0.2, 0) is 6.42 Å². The molecule has 0 bridgehead atoms. The van der Waals surface area contributed by atoms with E-state index >= 15 is 0 Å². The van der Waals surface area contributed by atoms with Crippen molar-refractivity contribution in [3.8, 4) is 5.69 Å². The van der Waals surface area contributed by atoms with E-state index in [0.29, 0.717) is 11.4 Å². The maximum Gasteiger partial charge on any atom is 0.0547 e. The van der Waals surface area contributed by atoms with E-state index in [2.05, 4.69) is 168 Å². The van der Waals surface area contributed by atoms with Crippen molar-refractivity contribution in [1.29, 1.82) is 0 Å². The monoisotopic (exact) mass is 776 g/mol. The number of allylic oxidation sites excluding steroid dienone is 4. The van der Waals surface area contributed by atoms with Gasteiger partial charge in [-0.05, 0) is 106 Å². The highest BCUT2D eigenvalue weighted by molar-refractivity contribution is 6.09. The summed E-state index contributed by atoms with van der Waals surface area (Å²) < 4.78 is 4.84. The first kappa shape index (κ1) is 42.1. The number of nitrogens with zero attached hydrogens (tertiary/aromatic N) is 2. The van der Waals surface area contributed by atoms with Gasteiger partial charge in [0.2, 0.25) is 0 Å². The highest BCUT2D eigenvalue weighted by Gasteiger charge is 2.15. The van der Waals surface area contributed by atoms with Crippen LogP contribution in [0.2, 0.25) is 0 Å². The van der Waals surface area contributed by atoms with Crippen molar-refractivity contribution in [2.45, 2.75) is 73.1 Å². The molecule has 59 heavy (non-hydrogen) atoms. The lowest BCUT2D eigenvalue weighted by Crippen LogP contribution is -2.30. The summed E-state index contributed by atoms with van der Waals surface area (Å²) in [6, 6.07) is 52.8. The van der Waals surface area contributed by atoms with Crippen LogP contribution < -0.4 is 22.0 Å². The minimum absolute atomic E-state index is 0.646. The summed E-state index contributed by atoms with van der Waals surface area (Å²) in [4.78, 5) is 0. The molecule has 0 spiro atoms. The standard InChI is InChI=1S/C26H25N.C19H15N.C6H8N2.2C2H6/c1-2-8-20(9-3-1)14-15-21-16-18-22(19-17-21)27-25-12-6-4-10-23(25)24-11-5-7-13-26(24)27;1-14-11-12-19-17(13-14)16-9-5-6-10-18(16)20(19)15-7-3-2-4-8-15;7-5-3-1-2-4-6(5)8;2*1-2/h1-4,6,8-13,16,18H,5,7,14-15,17,19H2;2-13H,1H3;1-4H,7-8H2;2*1-2H3. The highest BCUT2D eigenvalue weighted by atomic mass is 15.0. The second kappa shape index (κ2) is 20.8. The number of nitrogen functional groups attached to an aromatic ring is 2. The summed E-state index contributed by atoms with van der Waals surface area (Å²) in [5.74, 6) is 0. The molecule has 6 aromatic carbocycles. The Hall–Kier alpha value is -6.52. The van der Waals surface area contributed by atoms with Crippen molar-refractivity contribution >= 4 is 61.9 Å². The fourth-order valence-electron chi connectivity index (χ4n) is 7.92. The van der Waals surface area contributed by atoms with Crippen LogP contribution in [-0.4, -0.2) is 9.13 Å². The lowest BCUT2D eigenvalue weighted by Gasteiger charge is -2.18. The first-order chi connectivity index (χ1) is 29.0. The number of nitrogens with two attached hydrogens (primary N) is 2. The Kier molecular flexibility index (Phi) is 14.8. The van der Waals surface area contributed by atoms with Gasteiger partial charge in [0.05, 0.1) is 27.9 Å². The molecule has 0 saturated carbocycles.